The summed E-state index contributed by atoms with van der Waals surface area (Å²) in [6.45, 7) is 0. The largest absolute Gasteiger partial charge is 0.323 e. The Morgan fingerprint density at radius 3 is 2.33 bits per heavy atom. The maximum absolute atomic E-state index is 6.53. The molecule has 1 unspecified atom stereocenters. The highest BCUT2D eigenvalue weighted by Crippen LogP contribution is 2.52. The van der Waals surface area contributed by atoms with Gasteiger partial charge in [0.2, 0.25) is 0 Å². The van der Waals surface area contributed by atoms with Gasteiger partial charge in [-0.3, -0.25) is 0 Å². The second-order valence-electron chi connectivity index (χ2n) is 5.00. The van der Waals surface area contributed by atoms with Crippen molar-refractivity contribution in [3.8, 4) is 0 Å². The van der Waals surface area contributed by atoms with Gasteiger partial charge in [-0.15, -0.1) is 11.3 Å². The third-order valence-electron chi connectivity index (χ3n) is 4.09. The summed E-state index contributed by atoms with van der Waals surface area (Å²) >= 11 is 7.63. The minimum Gasteiger partial charge on any atom is -0.323 e. The maximum atomic E-state index is 6.53. The molecule has 3 heteroatoms. The van der Waals surface area contributed by atoms with Gasteiger partial charge in [0.1, 0.15) is 0 Å². The molecule has 1 aliphatic rings. The van der Waals surface area contributed by atoms with E-state index in [1.165, 1.54) is 29.7 Å². The minimum atomic E-state index is 0.0612. The van der Waals surface area contributed by atoms with Gasteiger partial charge in [-0.1, -0.05) is 48.4 Å². The highest BCUT2D eigenvalue weighted by Gasteiger charge is 2.44. The average Bonchev–Trinajstić information content (AvgIpc) is 2.76. The molecule has 94 valence electrons. The number of hydrogen-bond acceptors (Lipinski definition) is 2. The van der Waals surface area contributed by atoms with Crippen molar-refractivity contribution in [1.29, 1.82) is 0 Å². The monoisotopic (exact) mass is 277 g/mol. The highest BCUT2D eigenvalue weighted by atomic mass is 35.5. The molecule has 1 atom stereocenters. The molecular weight excluding hydrogens is 262 g/mol. The van der Waals surface area contributed by atoms with E-state index in [4.69, 9.17) is 17.3 Å². The van der Waals surface area contributed by atoms with Crippen molar-refractivity contribution in [3.63, 3.8) is 0 Å². The number of halogens is 1. The van der Waals surface area contributed by atoms with E-state index in [-0.39, 0.29) is 11.5 Å². The fraction of sp³-hybridized carbons (Fsp3) is 0.333. The molecule has 1 aliphatic carbocycles. The van der Waals surface area contributed by atoms with Crippen molar-refractivity contribution in [2.45, 2.75) is 30.7 Å². The second-order valence-corrected chi connectivity index (χ2v) is 6.74. The van der Waals surface area contributed by atoms with Gasteiger partial charge >= 0.3 is 0 Å². The van der Waals surface area contributed by atoms with Gasteiger partial charge in [-0.25, -0.2) is 0 Å². The van der Waals surface area contributed by atoms with Crippen LogP contribution in [0.5, 0.6) is 0 Å². The Morgan fingerprint density at radius 1 is 1.11 bits per heavy atom. The zero-order valence-corrected chi connectivity index (χ0v) is 11.7. The molecular formula is C15H16ClNS. The van der Waals surface area contributed by atoms with Crippen molar-refractivity contribution in [2.75, 3.05) is 0 Å². The summed E-state index contributed by atoms with van der Waals surface area (Å²) < 4.78 is 0.822. The summed E-state index contributed by atoms with van der Waals surface area (Å²) in [5.74, 6) is 0. The Morgan fingerprint density at radius 2 is 1.83 bits per heavy atom. The molecule has 3 rings (SSSR count). The molecule has 0 bridgehead atoms. The SMILES string of the molecule is NC(c1ccc(Cl)s1)C1(c2ccccc2)CCC1. The first-order valence-electron chi connectivity index (χ1n) is 6.29. The van der Waals surface area contributed by atoms with E-state index in [2.05, 4.69) is 36.4 Å². The van der Waals surface area contributed by atoms with Crippen LogP contribution in [-0.4, -0.2) is 0 Å². The maximum Gasteiger partial charge on any atom is 0.0931 e. The quantitative estimate of drug-likeness (QED) is 0.877. The van der Waals surface area contributed by atoms with Crippen LogP contribution in [-0.2, 0) is 5.41 Å². The fourth-order valence-corrected chi connectivity index (χ4v) is 4.05. The van der Waals surface area contributed by atoms with E-state index in [0.717, 1.165) is 4.34 Å². The normalized spacial score (nSPS) is 19.2. The fourth-order valence-electron chi connectivity index (χ4n) is 2.87. The molecule has 0 spiro atoms. The number of hydrogen-bond donors (Lipinski definition) is 1. The molecule has 18 heavy (non-hydrogen) atoms. The van der Waals surface area contributed by atoms with Crippen molar-refractivity contribution in [3.05, 3.63) is 57.2 Å². The van der Waals surface area contributed by atoms with E-state index >= 15 is 0 Å². The summed E-state index contributed by atoms with van der Waals surface area (Å²) in [5, 5.41) is 0. The summed E-state index contributed by atoms with van der Waals surface area (Å²) in [7, 11) is 0. The Bertz CT molecular complexity index is 530. The van der Waals surface area contributed by atoms with Crippen LogP contribution >= 0.6 is 22.9 Å². The lowest BCUT2D eigenvalue weighted by atomic mass is 9.60. The highest BCUT2D eigenvalue weighted by molar-refractivity contribution is 7.16. The van der Waals surface area contributed by atoms with Gasteiger partial charge in [-0.05, 0) is 30.5 Å². The van der Waals surface area contributed by atoms with Gasteiger partial charge in [0.15, 0.2) is 0 Å². The number of thiophene rings is 1. The summed E-state index contributed by atoms with van der Waals surface area (Å²) in [6, 6.07) is 14.7. The molecule has 1 aromatic carbocycles. The average molecular weight is 278 g/mol. The molecule has 1 heterocycles. The predicted octanol–water partition coefficient (Wildman–Crippen LogP) is 4.52. The molecule has 2 aromatic rings. The third kappa shape index (κ3) is 1.89. The van der Waals surface area contributed by atoms with E-state index < -0.39 is 0 Å². The van der Waals surface area contributed by atoms with Crippen molar-refractivity contribution in [1.82, 2.24) is 0 Å². The summed E-state index contributed by atoms with van der Waals surface area (Å²) in [4.78, 5) is 1.20. The number of rotatable bonds is 3. The van der Waals surface area contributed by atoms with Crippen LogP contribution in [0, 0.1) is 0 Å². The Kier molecular flexibility index (Phi) is 3.18. The lowest BCUT2D eigenvalue weighted by Gasteiger charge is -2.46. The molecule has 0 aliphatic heterocycles. The van der Waals surface area contributed by atoms with Crippen molar-refractivity contribution in [2.24, 2.45) is 5.73 Å². The van der Waals surface area contributed by atoms with Crippen LogP contribution in [0.2, 0.25) is 4.34 Å². The first-order chi connectivity index (χ1) is 8.72. The van der Waals surface area contributed by atoms with Crippen LogP contribution in [0.3, 0.4) is 0 Å². The van der Waals surface area contributed by atoms with Crippen LogP contribution < -0.4 is 5.73 Å². The predicted molar refractivity (Wildman–Crippen MR) is 78.2 cm³/mol. The number of benzene rings is 1. The van der Waals surface area contributed by atoms with Crippen LogP contribution in [0.1, 0.15) is 35.7 Å². The molecule has 0 saturated heterocycles. The topological polar surface area (TPSA) is 26.0 Å². The van der Waals surface area contributed by atoms with Crippen LogP contribution in [0.4, 0.5) is 0 Å². The molecule has 1 aromatic heterocycles. The van der Waals surface area contributed by atoms with Gasteiger partial charge in [0, 0.05) is 16.3 Å². The zero-order chi connectivity index (χ0) is 12.6. The van der Waals surface area contributed by atoms with Gasteiger partial charge in [0.25, 0.3) is 0 Å². The molecule has 0 amide bonds. The first-order valence-corrected chi connectivity index (χ1v) is 7.48. The number of nitrogens with two attached hydrogens (primary N) is 1. The van der Waals surface area contributed by atoms with Crippen molar-refractivity contribution < 1.29 is 0 Å². The van der Waals surface area contributed by atoms with Gasteiger partial charge in [-0.2, -0.15) is 0 Å². The molecule has 1 nitrogen and oxygen atoms in total. The minimum absolute atomic E-state index is 0.0612. The van der Waals surface area contributed by atoms with Gasteiger partial charge in [0.05, 0.1) is 4.34 Å². The summed E-state index contributed by atoms with van der Waals surface area (Å²) in [6.07, 6.45) is 3.61. The first kappa shape index (κ1) is 12.2. The standard InChI is InChI=1S/C15H16ClNS/c16-13-8-7-12(18-13)14(17)15(9-4-10-15)11-5-2-1-3-6-11/h1-3,5-8,14H,4,9-10,17H2. The van der Waals surface area contributed by atoms with E-state index in [1.807, 2.05) is 6.07 Å². The molecule has 1 fully saturated rings. The van der Waals surface area contributed by atoms with Crippen LogP contribution in [0.25, 0.3) is 0 Å². The Labute approximate surface area is 117 Å². The Balaban J connectivity index is 1.97. The summed E-state index contributed by atoms with van der Waals surface area (Å²) in [5.41, 5.74) is 8.02. The second kappa shape index (κ2) is 4.69. The van der Waals surface area contributed by atoms with E-state index in [1.54, 1.807) is 11.3 Å². The third-order valence-corrected chi connectivity index (χ3v) is 5.40. The molecule has 2 N–H and O–H groups in total. The lowest BCUT2D eigenvalue weighted by Crippen LogP contribution is -2.44. The van der Waals surface area contributed by atoms with E-state index in [9.17, 15) is 0 Å². The molecule has 0 radical (unpaired) electrons. The van der Waals surface area contributed by atoms with Gasteiger partial charge < -0.3 is 5.73 Å². The van der Waals surface area contributed by atoms with Crippen molar-refractivity contribution >= 4 is 22.9 Å². The smallest absolute Gasteiger partial charge is 0.0931 e. The van der Waals surface area contributed by atoms with E-state index in [0.29, 0.717) is 0 Å². The zero-order valence-electron chi connectivity index (χ0n) is 10.1. The lowest BCUT2D eigenvalue weighted by molar-refractivity contribution is 0.198. The van der Waals surface area contributed by atoms with Crippen LogP contribution in [0.15, 0.2) is 42.5 Å². The Hall–Kier alpha value is -0.830. The molecule has 1 saturated carbocycles.